The molecule has 0 aliphatic rings. The number of nitrogens with zero attached hydrogens (tertiary/aromatic N) is 1. The summed E-state index contributed by atoms with van der Waals surface area (Å²) in [4.78, 5) is 27.5. The van der Waals surface area contributed by atoms with Gasteiger partial charge in [-0.2, -0.15) is 0 Å². The second-order valence-corrected chi connectivity index (χ2v) is 7.03. The van der Waals surface area contributed by atoms with Gasteiger partial charge in [0.05, 0.1) is 12.6 Å². The summed E-state index contributed by atoms with van der Waals surface area (Å²) in [6.45, 7) is 5.58. The Morgan fingerprint density at radius 3 is 2.58 bits per heavy atom. The lowest BCUT2D eigenvalue weighted by atomic mass is 9.85. The number of benzene rings is 1. The number of aliphatic carboxylic acids is 1. The van der Waals surface area contributed by atoms with Gasteiger partial charge in [-0.25, -0.2) is 4.98 Å². The van der Waals surface area contributed by atoms with E-state index in [1.807, 2.05) is 44.2 Å². The Labute approximate surface area is 153 Å². The second-order valence-electron chi connectivity index (χ2n) is 7.03. The van der Waals surface area contributed by atoms with Crippen LogP contribution < -0.4 is 5.32 Å². The zero-order valence-electron chi connectivity index (χ0n) is 15.5. The van der Waals surface area contributed by atoms with Crippen molar-refractivity contribution in [2.45, 2.75) is 52.0 Å². The van der Waals surface area contributed by atoms with Crippen molar-refractivity contribution in [2.75, 3.05) is 0 Å². The molecule has 0 radical (unpaired) electrons. The average molecular weight is 358 g/mol. The Bertz CT molecular complexity index is 739. The van der Waals surface area contributed by atoms with Crippen molar-refractivity contribution >= 4 is 11.9 Å². The van der Waals surface area contributed by atoms with Gasteiger partial charge < -0.3 is 14.8 Å². The van der Waals surface area contributed by atoms with Crippen LogP contribution in [0.2, 0.25) is 0 Å². The van der Waals surface area contributed by atoms with Crippen LogP contribution in [0.1, 0.15) is 45.9 Å². The molecule has 0 saturated carbocycles. The number of nitrogens with one attached hydrogen (secondary N) is 1. The molecule has 0 aliphatic heterocycles. The molecule has 0 bridgehead atoms. The molecule has 1 atom stereocenters. The number of carbonyl (C=O) groups is 2. The normalized spacial score (nSPS) is 13.4. The molecular weight excluding hydrogens is 332 g/mol. The molecular formula is C20H26N2O4. The van der Waals surface area contributed by atoms with E-state index in [1.165, 1.54) is 0 Å². The van der Waals surface area contributed by atoms with Gasteiger partial charge >= 0.3 is 5.97 Å². The molecule has 0 saturated heterocycles. The number of aromatic nitrogens is 1. The van der Waals surface area contributed by atoms with Gasteiger partial charge in [-0.3, -0.25) is 9.59 Å². The number of carboxylic acid groups (broad SMARTS) is 1. The summed E-state index contributed by atoms with van der Waals surface area (Å²) in [6.07, 6.45) is 3.02. The molecule has 2 N–H and O–H groups in total. The van der Waals surface area contributed by atoms with Crippen LogP contribution >= 0.6 is 0 Å². The fourth-order valence-corrected chi connectivity index (χ4v) is 2.65. The Hall–Kier alpha value is -2.63. The van der Waals surface area contributed by atoms with Crippen molar-refractivity contribution in [1.29, 1.82) is 0 Å². The fraction of sp³-hybridized carbons (Fsp3) is 0.450. The number of carboxylic acids is 1. The monoisotopic (exact) mass is 358 g/mol. The van der Waals surface area contributed by atoms with Crippen LogP contribution in [-0.4, -0.2) is 27.5 Å². The van der Waals surface area contributed by atoms with Gasteiger partial charge in [0.15, 0.2) is 11.7 Å². The van der Waals surface area contributed by atoms with Gasteiger partial charge in [-0.15, -0.1) is 0 Å². The summed E-state index contributed by atoms with van der Waals surface area (Å²) in [6, 6.07) is 9.71. The lowest BCUT2D eigenvalue weighted by Crippen LogP contribution is -2.51. The summed E-state index contributed by atoms with van der Waals surface area (Å²) in [5, 5.41) is 11.9. The first kappa shape index (κ1) is 19.7. The smallest absolute Gasteiger partial charge is 0.305 e. The molecule has 0 fully saturated rings. The van der Waals surface area contributed by atoms with Crippen molar-refractivity contribution in [2.24, 2.45) is 5.92 Å². The van der Waals surface area contributed by atoms with E-state index in [0.717, 1.165) is 5.56 Å². The summed E-state index contributed by atoms with van der Waals surface area (Å²) in [5.74, 6) is 0.238. The third-order valence-electron chi connectivity index (χ3n) is 4.62. The summed E-state index contributed by atoms with van der Waals surface area (Å²) in [7, 11) is 0. The fourth-order valence-electron chi connectivity index (χ4n) is 2.65. The quantitative estimate of drug-likeness (QED) is 0.713. The Morgan fingerprint density at radius 1 is 1.27 bits per heavy atom. The van der Waals surface area contributed by atoms with Crippen LogP contribution in [0.4, 0.5) is 0 Å². The zero-order valence-corrected chi connectivity index (χ0v) is 15.5. The minimum absolute atomic E-state index is 0.0164. The average Bonchev–Trinajstić information content (AvgIpc) is 3.03. The predicted molar refractivity (Wildman–Crippen MR) is 98.5 cm³/mol. The van der Waals surface area contributed by atoms with Gasteiger partial charge in [0.1, 0.15) is 0 Å². The van der Waals surface area contributed by atoms with Crippen molar-refractivity contribution < 1.29 is 19.1 Å². The van der Waals surface area contributed by atoms with E-state index in [1.54, 1.807) is 13.1 Å². The first-order chi connectivity index (χ1) is 12.3. The lowest BCUT2D eigenvalue weighted by Gasteiger charge is -2.33. The van der Waals surface area contributed by atoms with Gasteiger partial charge in [0, 0.05) is 23.9 Å². The number of carbonyl (C=O) groups excluding carboxylic acids is 1. The molecule has 6 heteroatoms. The third kappa shape index (κ3) is 5.44. The SMILES string of the molecule is CC(C)C(C)(CC(=O)O)NC(=O)CCCc1ncc(-c2ccccc2)o1. The van der Waals surface area contributed by atoms with Crippen molar-refractivity contribution in [3.8, 4) is 11.3 Å². The van der Waals surface area contributed by atoms with E-state index in [-0.39, 0.29) is 18.2 Å². The number of hydrogen-bond acceptors (Lipinski definition) is 4. The molecule has 0 aliphatic carbocycles. The van der Waals surface area contributed by atoms with E-state index in [2.05, 4.69) is 10.3 Å². The highest BCUT2D eigenvalue weighted by Gasteiger charge is 2.32. The van der Waals surface area contributed by atoms with Gasteiger partial charge in [0.2, 0.25) is 5.91 Å². The van der Waals surface area contributed by atoms with E-state index in [4.69, 9.17) is 9.52 Å². The number of hydrogen-bond donors (Lipinski definition) is 2. The number of rotatable bonds is 9. The van der Waals surface area contributed by atoms with Crippen LogP contribution in [0.15, 0.2) is 40.9 Å². The molecule has 1 heterocycles. The second kappa shape index (κ2) is 8.65. The largest absolute Gasteiger partial charge is 0.481 e. The zero-order chi connectivity index (χ0) is 19.2. The van der Waals surface area contributed by atoms with Crippen LogP contribution in [0.5, 0.6) is 0 Å². The molecule has 26 heavy (non-hydrogen) atoms. The Balaban J connectivity index is 1.85. The van der Waals surface area contributed by atoms with Crippen molar-refractivity contribution in [3.63, 3.8) is 0 Å². The maximum absolute atomic E-state index is 12.2. The molecule has 140 valence electrons. The van der Waals surface area contributed by atoms with Gasteiger partial charge in [0.25, 0.3) is 0 Å². The van der Waals surface area contributed by atoms with E-state index in [0.29, 0.717) is 30.9 Å². The van der Waals surface area contributed by atoms with Gasteiger partial charge in [-0.1, -0.05) is 44.2 Å². The number of oxazole rings is 1. The third-order valence-corrected chi connectivity index (χ3v) is 4.62. The molecule has 1 aromatic heterocycles. The first-order valence-electron chi connectivity index (χ1n) is 8.83. The highest BCUT2D eigenvalue weighted by molar-refractivity contribution is 5.78. The molecule has 1 unspecified atom stereocenters. The first-order valence-corrected chi connectivity index (χ1v) is 8.83. The van der Waals surface area contributed by atoms with Crippen LogP contribution in [0.25, 0.3) is 11.3 Å². The molecule has 0 spiro atoms. The topological polar surface area (TPSA) is 92.4 Å². The summed E-state index contributed by atoms with van der Waals surface area (Å²) in [5.41, 5.74) is 0.206. The van der Waals surface area contributed by atoms with Crippen LogP contribution in [0, 0.1) is 5.92 Å². The molecule has 1 amide bonds. The van der Waals surface area contributed by atoms with E-state index < -0.39 is 11.5 Å². The van der Waals surface area contributed by atoms with Crippen LogP contribution in [-0.2, 0) is 16.0 Å². The summed E-state index contributed by atoms with van der Waals surface area (Å²) < 4.78 is 5.72. The van der Waals surface area contributed by atoms with Gasteiger partial charge in [-0.05, 0) is 19.3 Å². The minimum atomic E-state index is -0.922. The summed E-state index contributed by atoms with van der Waals surface area (Å²) >= 11 is 0. The molecule has 6 nitrogen and oxygen atoms in total. The molecule has 2 aromatic rings. The lowest BCUT2D eigenvalue weighted by molar-refractivity contribution is -0.139. The Kier molecular flexibility index (Phi) is 6.55. The highest BCUT2D eigenvalue weighted by atomic mass is 16.4. The van der Waals surface area contributed by atoms with Crippen molar-refractivity contribution in [1.82, 2.24) is 10.3 Å². The number of amides is 1. The predicted octanol–water partition coefficient (Wildman–Crippen LogP) is 3.67. The number of aryl methyl sites for hydroxylation is 1. The van der Waals surface area contributed by atoms with Crippen LogP contribution in [0.3, 0.4) is 0 Å². The maximum atomic E-state index is 12.2. The van der Waals surface area contributed by atoms with Crippen molar-refractivity contribution in [3.05, 3.63) is 42.4 Å². The van der Waals surface area contributed by atoms with E-state index >= 15 is 0 Å². The standard InChI is InChI=1S/C20H26N2O4/c1-14(2)20(3,12-19(24)25)22-17(23)10-7-11-18-21-13-16(26-18)15-8-5-4-6-9-15/h4-6,8-9,13-14H,7,10-12H2,1-3H3,(H,22,23)(H,24,25). The van der Waals surface area contributed by atoms with E-state index in [9.17, 15) is 9.59 Å². The minimum Gasteiger partial charge on any atom is -0.481 e. The maximum Gasteiger partial charge on any atom is 0.305 e. The Morgan fingerprint density at radius 2 is 1.96 bits per heavy atom. The molecule has 2 rings (SSSR count). The molecule has 1 aromatic carbocycles. The highest BCUT2D eigenvalue weighted by Crippen LogP contribution is 2.22.